The molecule has 5 heteroatoms. The van der Waals surface area contributed by atoms with Gasteiger partial charge in [0.25, 0.3) is 0 Å². The molecule has 5 nitrogen and oxygen atoms in total. The molecule has 0 aliphatic carbocycles. The summed E-state index contributed by atoms with van der Waals surface area (Å²) in [6, 6.07) is 10.0. The van der Waals surface area contributed by atoms with Crippen molar-refractivity contribution in [2.24, 2.45) is 7.05 Å². The highest BCUT2D eigenvalue weighted by atomic mass is 16.5. The number of aromatic nitrogens is 2. The molecule has 0 bridgehead atoms. The molecular weight excluding hydrogens is 338 g/mol. The Kier molecular flexibility index (Phi) is 5.90. The number of aryl methyl sites for hydroxylation is 2. The second kappa shape index (κ2) is 7.79. The normalized spacial score (nSPS) is 12.4. The summed E-state index contributed by atoms with van der Waals surface area (Å²) >= 11 is 0. The van der Waals surface area contributed by atoms with Gasteiger partial charge in [0.05, 0.1) is 5.69 Å². The molecule has 0 N–H and O–H groups in total. The number of rotatable bonds is 4. The number of esters is 1. The Hall–Kier alpha value is -2.87. The second-order valence-electron chi connectivity index (χ2n) is 7.63. The van der Waals surface area contributed by atoms with Crippen molar-refractivity contribution in [3.63, 3.8) is 0 Å². The van der Waals surface area contributed by atoms with Gasteiger partial charge in [-0.15, -0.1) is 0 Å². The van der Waals surface area contributed by atoms with Gasteiger partial charge in [-0.25, -0.2) is 0 Å². The van der Waals surface area contributed by atoms with Gasteiger partial charge < -0.3 is 4.74 Å². The van der Waals surface area contributed by atoms with Crippen molar-refractivity contribution in [3.8, 4) is 6.07 Å². The first-order valence-electron chi connectivity index (χ1n) is 9.06. The Bertz CT molecular complexity index is 920. The molecule has 1 heterocycles. The van der Waals surface area contributed by atoms with E-state index in [1.807, 2.05) is 38.1 Å². The number of hydrogen-bond donors (Lipinski definition) is 0. The van der Waals surface area contributed by atoms with Crippen LogP contribution in [0.5, 0.6) is 0 Å². The number of allylic oxidation sites excluding steroid dienone is 1. The average Bonchev–Trinajstić information content (AvgIpc) is 2.87. The molecule has 0 atom stereocenters. The molecular formula is C22H27N3O2. The van der Waals surface area contributed by atoms with E-state index < -0.39 is 5.97 Å². The molecule has 2 aromatic rings. The van der Waals surface area contributed by atoms with E-state index in [4.69, 9.17) is 4.74 Å². The van der Waals surface area contributed by atoms with Gasteiger partial charge in [-0.1, -0.05) is 52.0 Å². The molecule has 0 spiro atoms. The lowest BCUT2D eigenvalue weighted by atomic mass is 9.86. The molecule has 0 amide bonds. The minimum absolute atomic E-state index is 0.0163. The van der Waals surface area contributed by atoms with Crippen LogP contribution < -0.4 is 0 Å². The number of carbonyl (C=O) groups excluding carboxylic acids is 1. The first-order chi connectivity index (χ1) is 12.6. The molecule has 142 valence electrons. The minimum atomic E-state index is -0.470. The quantitative estimate of drug-likeness (QED) is 0.453. The van der Waals surface area contributed by atoms with Crippen molar-refractivity contribution >= 4 is 17.3 Å². The van der Waals surface area contributed by atoms with Crippen molar-refractivity contribution in [3.05, 3.63) is 52.3 Å². The van der Waals surface area contributed by atoms with E-state index in [2.05, 4.69) is 31.9 Å². The highest BCUT2D eigenvalue weighted by Gasteiger charge is 2.23. The molecule has 27 heavy (non-hydrogen) atoms. The van der Waals surface area contributed by atoms with Crippen LogP contribution in [0.1, 0.15) is 62.7 Å². The van der Waals surface area contributed by atoms with Crippen LogP contribution >= 0.6 is 0 Å². The van der Waals surface area contributed by atoms with Gasteiger partial charge in [-0.05, 0) is 29.9 Å². The molecule has 0 saturated heterocycles. The van der Waals surface area contributed by atoms with E-state index in [0.29, 0.717) is 16.8 Å². The molecule has 0 saturated carbocycles. The fourth-order valence-electron chi connectivity index (χ4n) is 3.08. The first kappa shape index (κ1) is 20.4. The molecule has 1 aromatic carbocycles. The first-order valence-corrected chi connectivity index (χ1v) is 9.06. The maximum Gasteiger partial charge on any atom is 0.308 e. The van der Waals surface area contributed by atoms with Crippen LogP contribution in [0.4, 0.5) is 0 Å². The van der Waals surface area contributed by atoms with Gasteiger partial charge in [-0.3, -0.25) is 9.48 Å². The minimum Gasteiger partial charge on any atom is -0.423 e. The summed E-state index contributed by atoms with van der Waals surface area (Å²) in [5, 5.41) is 14.4. The summed E-state index contributed by atoms with van der Waals surface area (Å²) in [5.74, 6) is -0.219. The van der Waals surface area contributed by atoms with E-state index in [1.54, 1.807) is 11.7 Å². The molecule has 0 radical (unpaired) electrons. The third-order valence-electron chi connectivity index (χ3n) is 4.56. The lowest BCUT2D eigenvalue weighted by Gasteiger charge is -2.19. The number of ether oxygens (including phenoxy) is 1. The zero-order valence-corrected chi connectivity index (χ0v) is 17.2. The zero-order valence-electron chi connectivity index (χ0n) is 17.2. The SMILES string of the molecule is CCc1nn(C)c(/C(OC(C)=O)=C(\C#N)c2ccc(C(C)(C)C)cc2)c1C. The third-order valence-corrected chi connectivity index (χ3v) is 4.56. The summed E-state index contributed by atoms with van der Waals surface area (Å²) < 4.78 is 7.19. The summed E-state index contributed by atoms with van der Waals surface area (Å²) in [6.07, 6.45) is 0.759. The molecule has 1 aromatic heterocycles. The van der Waals surface area contributed by atoms with Crippen LogP contribution in [0, 0.1) is 18.3 Å². The van der Waals surface area contributed by atoms with Gasteiger partial charge in [0.2, 0.25) is 0 Å². The smallest absolute Gasteiger partial charge is 0.308 e. The van der Waals surface area contributed by atoms with Crippen molar-refractivity contribution in [1.82, 2.24) is 9.78 Å². The van der Waals surface area contributed by atoms with E-state index in [1.165, 1.54) is 12.5 Å². The Morgan fingerprint density at radius 1 is 1.26 bits per heavy atom. The van der Waals surface area contributed by atoms with Crippen LogP contribution in [0.15, 0.2) is 24.3 Å². The molecule has 0 aliphatic rings. The van der Waals surface area contributed by atoms with Gasteiger partial charge in [0.1, 0.15) is 17.3 Å². The third kappa shape index (κ3) is 4.28. The number of nitrogens with zero attached hydrogens (tertiary/aromatic N) is 3. The van der Waals surface area contributed by atoms with Gasteiger partial charge in [0, 0.05) is 19.5 Å². The van der Waals surface area contributed by atoms with E-state index in [0.717, 1.165) is 17.7 Å². The largest absolute Gasteiger partial charge is 0.423 e. The van der Waals surface area contributed by atoms with Crippen LogP contribution in [-0.2, 0) is 28.4 Å². The summed E-state index contributed by atoms with van der Waals surface area (Å²) in [4.78, 5) is 11.8. The van der Waals surface area contributed by atoms with Crippen molar-refractivity contribution < 1.29 is 9.53 Å². The molecule has 0 fully saturated rings. The number of hydrogen-bond acceptors (Lipinski definition) is 4. The highest BCUT2D eigenvalue weighted by Crippen LogP contribution is 2.32. The summed E-state index contributed by atoms with van der Waals surface area (Å²) in [6.45, 7) is 11.7. The number of benzene rings is 1. The fraction of sp³-hybridized carbons (Fsp3) is 0.409. The Morgan fingerprint density at radius 2 is 1.85 bits per heavy atom. The predicted molar refractivity (Wildman–Crippen MR) is 107 cm³/mol. The lowest BCUT2D eigenvalue weighted by Crippen LogP contribution is -2.11. The van der Waals surface area contributed by atoms with Crippen LogP contribution in [0.3, 0.4) is 0 Å². The lowest BCUT2D eigenvalue weighted by molar-refractivity contribution is -0.134. The Labute approximate surface area is 161 Å². The molecule has 2 rings (SSSR count). The molecule has 0 unspecified atom stereocenters. The maximum absolute atomic E-state index is 11.8. The van der Waals surface area contributed by atoms with Gasteiger partial charge in [-0.2, -0.15) is 10.4 Å². The topological polar surface area (TPSA) is 67.9 Å². The van der Waals surface area contributed by atoms with Crippen LogP contribution in [0.2, 0.25) is 0 Å². The highest BCUT2D eigenvalue weighted by molar-refractivity contribution is 5.97. The number of carbonyl (C=O) groups is 1. The van der Waals surface area contributed by atoms with Crippen molar-refractivity contribution in [1.29, 1.82) is 5.26 Å². The fourth-order valence-corrected chi connectivity index (χ4v) is 3.08. The standard InChI is InChI=1S/C22H27N3O2/c1-8-19-14(2)20(25(7)24-19)21(27-15(3)26)18(13-23)16-9-11-17(12-10-16)22(4,5)6/h9-12H,8H2,1-7H3/b21-18-. The zero-order chi connectivity index (χ0) is 20.4. The van der Waals surface area contributed by atoms with Gasteiger partial charge in [0.15, 0.2) is 5.76 Å². The monoisotopic (exact) mass is 365 g/mol. The van der Waals surface area contributed by atoms with Crippen LogP contribution in [-0.4, -0.2) is 15.7 Å². The van der Waals surface area contributed by atoms with E-state index in [9.17, 15) is 10.1 Å². The predicted octanol–water partition coefficient (Wildman–Crippen LogP) is 4.54. The Balaban J connectivity index is 2.71. The summed E-state index contributed by atoms with van der Waals surface area (Å²) in [7, 11) is 1.79. The van der Waals surface area contributed by atoms with E-state index in [-0.39, 0.29) is 11.2 Å². The Morgan fingerprint density at radius 3 is 2.26 bits per heavy atom. The van der Waals surface area contributed by atoms with Crippen LogP contribution in [0.25, 0.3) is 11.3 Å². The van der Waals surface area contributed by atoms with Crippen molar-refractivity contribution in [2.75, 3.05) is 0 Å². The van der Waals surface area contributed by atoms with Gasteiger partial charge >= 0.3 is 5.97 Å². The average molecular weight is 365 g/mol. The number of nitriles is 1. The van der Waals surface area contributed by atoms with Crippen molar-refractivity contribution in [2.45, 2.75) is 53.4 Å². The second-order valence-corrected chi connectivity index (χ2v) is 7.63. The molecule has 0 aliphatic heterocycles. The van der Waals surface area contributed by atoms with E-state index >= 15 is 0 Å². The summed E-state index contributed by atoms with van der Waals surface area (Å²) in [5.41, 5.74) is 4.69. The maximum atomic E-state index is 11.8.